The normalized spacial score (nSPS) is 20.5. The van der Waals surface area contributed by atoms with E-state index in [4.69, 9.17) is 9.47 Å². The van der Waals surface area contributed by atoms with Crippen LogP contribution in [0.4, 0.5) is 0 Å². The number of rotatable bonds is 5. The highest BCUT2D eigenvalue weighted by Crippen LogP contribution is 2.29. The fraction of sp³-hybridized carbons (Fsp3) is 0.600. The van der Waals surface area contributed by atoms with Crippen molar-refractivity contribution in [1.29, 1.82) is 0 Å². The van der Waals surface area contributed by atoms with Gasteiger partial charge < -0.3 is 28.7 Å². The van der Waals surface area contributed by atoms with Crippen molar-refractivity contribution in [2.45, 2.75) is 45.4 Å². The number of amides is 2. The van der Waals surface area contributed by atoms with Crippen LogP contribution in [0.2, 0.25) is 0 Å². The highest BCUT2D eigenvalue weighted by molar-refractivity contribution is 6.01. The van der Waals surface area contributed by atoms with Crippen molar-refractivity contribution in [3.05, 3.63) is 30.0 Å². The lowest BCUT2D eigenvalue weighted by Gasteiger charge is -2.34. The summed E-state index contributed by atoms with van der Waals surface area (Å²) in [6.45, 7) is 10.3. The van der Waals surface area contributed by atoms with E-state index in [-0.39, 0.29) is 24.5 Å². The van der Waals surface area contributed by atoms with E-state index >= 15 is 0 Å². The standard InChI is InChI=1S/C25H34N4O4/c1-18(2)26-7-5-20(6-8-26)33-21-3-4-22-19(15-21)16-23-25(31)28(9-10-29(22)23)17-24(30)27-11-13-32-14-12-27/h3-4,15-16,18,20H,5-14,17H2,1-2H3. The third-order valence-electron chi connectivity index (χ3n) is 7.17. The molecule has 0 aliphatic carbocycles. The second kappa shape index (κ2) is 9.35. The van der Waals surface area contributed by atoms with Gasteiger partial charge in [-0.2, -0.15) is 0 Å². The number of fused-ring (bicyclic) bond motifs is 3. The maximum Gasteiger partial charge on any atom is 0.271 e. The maximum atomic E-state index is 13.2. The predicted molar refractivity (Wildman–Crippen MR) is 126 cm³/mol. The maximum absolute atomic E-state index is 13.2. The lowest BCUT2D eigenvalue weighted by atomic mass is 10.1. The van der Waals surface area contributed by atoms with E-state index in [2.05, 4.69) is 29.4 Å². The molecule has 178 valence electrons. The molecule has 0 unspecified atom stereocenters. The van der Waals surface area contributed by atoms with Crippen LogP contribution in [0.5, 0.6) is 5.75 Å². The van der Waals surface area contributed by atoms with Crippen molar-refractivity contribution in [1.82, 2.24) is 19.3 Å². The Morgan fingerprint density at radius 1 is 1.06 bits per heavy atom. The Morgan fingerprint density at radius 2 is 1.82 bits per heavy atom. The van der Waals surface area contributed by atoms with Crippen molar-refractivity contribution in [3.63, 3.8) is 0 Å². The summed E-state index contributed by atoms with van der Waals surface area (Å²) in [4.78, 5) is 31.8. The number of carbonyl (C=O) groups excluding carboxylic acids is 2. The fourth-order valence-corrected chi connectivity index (χ4v) is 5.15. The van der Waals surface area contributed by atoms with E-state index in [1.165, 1.54) is 0 Å². The van der Waals surface area contributed by atoms with E-state index in [0.717, 1.165) is 42.6 Å². The van der Waals surface area contributed by atoms with Crippen LogP contribution in [0.3, 0.4) is 0 Å². The quantitative estimate of drug-likeness (QED) is 0.693. The molecule has 8 heteroatoms. The molecule has 0 radical (unpaired) electrons. The Hall–Kier alpha value is -2.58. The first-order valence-corrected chi connectivity index (χ1v) is 12.2. The monoisotopic (exact) mass is 454 g/mol. The molecule has 2 amide bonds. The smallest absolute Gasteiger partial charge is 0.271 e. The number of hydrogen-bond donors (Lipinski definition) is 0. The van der Waals surface area contributed by atoms with Crippen LogP contribution >= 0.6 is 0 Å². The van der Waals surface area contributed by atoms with E-state index in [9.17, 15) is 9.59 Å². The lowest BCUT2D eigenvalue weighted by molar-refractivity contribution is -0.136. The minimum atomic E-state index is -0.0809. The Balaban J connectivity index is 1.26. The molecule has 3 aliphatic heterocycles. The lowest BCUT2D eigenvalue weighted by Crippen LogP contribution is -2.49. The molecule has 3 aliphatic rings. The average molecular weight is 455 g/mol. The molecule has 2 fully saturated rings. The second-order valence-corrected chi connectivity index (χ2v) is 9.57. The third kappa shape index (κ3) is 4.59. The van der Waals surface area contributed by atoms with Gasteiger partial charge in [0.15, 0.2) is 0 Å². The SMILES string of the molecule is CC(C)N1CCC(Oc2ccc3c(c2)cc2n3CCN(CC(=O)N3CCOCC3)C2=O)CC1. The van der Waals surface area contributed by atoms with Crippen LogP contribution in [0.25, 0.3) is 10.9 Å². The summed E-state index contributed by atoms with van der Waals surface area (Å²) in [6, 6.07) is 8.64. The average Bonchev–Trinajstić information content (AvgIpc) is 3.20. The van der Waals surface area contributed by atoms with Gasteiger partial charge in [-0.1, -0.05) is 0 Å². The number of likely N-dealkylation sites (tertiary alicyclic amines) is 1. The van der Waals surface area contributed by atoms with Crippen LogP contribution in [-0.2, 0) is 16.1 Å². The van der Waals surface area contributed by atoms with E-state index in [1.807, 2.05) is 18.2 Å². The molecule has 0 N–H and O–H groups in total. The molecule has 2 saturated heterocycles. The second-order valence-electron chi connectivity index (χ2n) is 9.57. The molecule has 2 aromatic rings. The number of piperidine rings is 1. The highest BCUT2D eigenvalue weighted by atomic mass is 16.5. The molecule has 0 saturated carbocycles. The molecule has 4 heterocycles. The molecule has 0 atom stereocenters. The van der Waals surface area contributed by atoms with Crippen LogP contribution in [0, 0.1) is 0 Å². The number of ether oxygens (including phenoxy) is 2. The topological polar surface area (TPSA) is 67.2 Å². The van der Waals surface area contributed by atoms with Gasteiger partial charge in [0.05, 0.1) is 13.2 Å². The van der Waals surface area contributed by atoms with Gasteiger partial charge in [0.1, 0.15) is 24.1 Å². The van der Waals surface area contributed by atoms with Gasteiger partial charge in [-0.3, -0.25) is 9.59 Å². The fourth-order valence-electron chi connectivity index (χ4n) is 5.15. The Bertz CT molecular complexity index is 1020. The summed E-state index contributed by atoms with van der Waals surface area (Å²) in [6.07, 6.45) is 2.30. The first kappa shape index (κ1) is 22.2. The van der Waals surface area contributed by atoms with Crippen molar-refractivity contribution >= 4 is 22.7 Å². The number of aromatic nitrogens is 1. The highest BCUT2D eigenvalue weighted by Gasteiger charge is 2.30. The molecule has 33 heavy (non-hydrogen) atoms. The largest absolute Gasteiger partial charge is 0.490 e. The van der Waals surface area contributed by atoms with Gasteiger partial charge in [-0.15, -0.1) is 0 Å². The van der Waals surface area contributed by atoms with Gasteiger partial charge >= 0.3 is 0 Å². The minimum Gasteiger partial charge on any atom is -0.490 e. The summed E-state index contributed by atoms with van der Waals surface area (Å²) in [7, 11) is 0. The molecule has 8 nitrogen and oxygen atoms in total. The Kier molecular flexibility index (Phi) is 6.29. The number of carbonyl (C=O) groups is 2. The van der Waals surface area contributed by atoms with Gasteiger partial charge in [0.25, 0.3) is 5.91 Å². The van der Waals surface area contributed by atoms with Crippen molar-refractivity contribution in [3.8, 4) is 5.75 Å². The minimum absolute atomic E-state index is 0.00425. The van der Waals surface area contributed by atoms with Crippen LogP contribution in [-0.4, -0.2) is 95.7 Å². The molecule has 1 aromatic carbocycles. The van der Waals surface area contributed by atoms with E-state index in [1.54, 1.807) is 9.80 Å². The predicted octanol–water partition coefficient (Wildman–Crippen LogP) is 2.21. The molecule has 0 bridgehead atoms. The first-order chi connectivity index (χ1) is 16.0. The number of nitrogens with zero attached hydrogens (tertiary/aromatic N) is 4. The zero-order valence-electron chi connectivity index (χ0n) is 19.7. The van der Waals surface area contributed by atoms with Crippen LogP contribution in [0.1, 0.15) is 37.2 Å². The number of hydrogen-bond acceptors (Lipinski definition) is 5. The number of morpholine rings is 1. The molecule has 1 aromatic heterocycles. The van der Waals surface area contributed by atoms with Crippen LogP contribution in [0.15, 0.2) is 24.3 Å². The summed E-state index contributed by atoms with van der Waals surface area (Å²) in [5.41, 5.74) is 1.69. The molecule has 5 rings (SSSR count). The van der Waals surface area contributed by atoms with Crippen LogP contribution < -0.4 is 4.74 Å². The molecule has 0 spiro atoms. The van der Waals surface area contributed by atoms with E-state index in [0.29, 0.717) is 51.1 Å². The molecular weight excluding hydrogens is 420 g/mol. The Morgan fingerprint density at radius 3 is 2.55 bits per heavy atom. The summed E-state index contributed by atoms with van der Waals surface area (Å²) in [5, 5.41) is 1.01. The zero-order valence-corrected chi connectivity index (χ0v) is 19.7. The first-order valence-electron chi connectivity index (χ1n) is 12.2. The van der Waals surface area contributed by atoms with E-state index < -0.39 is 0 Å². The van der Waals surface area contributed by atoms with Gasteiger partial charge in [-0.25, -0.2) is 0 Å². The van der Waals surface area contributed by atoms with Crippen molar-refractivity contribution < 1.29 is 19.1 Å². The molecular formula is C25H34N4O4. The van der Waals surface area contributed by atoms with Crippen molar-refractivity contribution in [2.75, 3.05) is 52.5 Å². The van der Waals surface area contributed by atoms with Gasteiger partial charge in [-0.05, 0) is 51.0 Å². The summed E-state index contributed by atoms with van der Waals surface area (Å²) >= 11 is 0. The number of benzene rings is 1. The van der Waals surface area contributed by atoms with Gasteiger partial charge in [0, 0.05) is 56.2 Å². The summed E-state index contributed by atoms with van der Waals surface area (Å²) < 4.78 is 13.7. The zero-order chi connectivity index (χ0) is 22.9. The summed E-state index contributed by atoms with van der Waals surface area (Å²) in [5.74, 6) is 0.776. The van der Waals surface area contributed by atoms with Gasteiger partial charge in [0.2, 0.25) is 5.91 Å². The third-order valence-corrected chi connectivity index (χ3v) is 7.17. The van der Waals surface area contributed by atoms with Crippen molar-refractivity contribution in [2.24, 2.45) is 0 Å². The Labute approximate surface area is 195 Å².